The topological polar surface area (TPSA) is 59.2 Å². The summed E-state index contributed by atoms with van der Waals surface area (Å²) in [6, 6.07) is 10.2. The summed E-state index contributed by atoms with van der Waals surface area (Å²) in [7, 11) is 0. The van der Waals surface area contributed by atoms with Gasteiger partial charge in [0.25, 0.3) is 5.91 Å². The first-order valence-corrected chi connectivity index (χ1v) is 8.96. The maximum absolute atomic E-state index is 12.7. The van der Waals surface area contributed by atoms with Crippen LogP contribution in [-0.4, -0.2) is 34.9 Å². The molecule has 4 nitrogen and oxygen atoms in total. The van der Waals surface area contributed by atoms with Gasteiger partial charge in [0.2, 0.25) is 0 Å². The molecule has 1 aliphatic heterocycles. The Hall–Kier alpha value is -1.72. The first-order chi connectivity index (χ1) is 11.0. The molecule has 2 atom stereocenters. The molecule has 2 N–H and O–H groups in total. The quantitative estimate of drug-likeness (QED) is 0.938. The highest BCUT2D eigenvalue weighted by molar-refractivity contribution is 7.09. The second-order valence-corrected chi connectivity index (χ2v) is 7.56. The lowest BCUT2D eigenvalue weighted by Crippen LogP contribution is -2.32. The fourth-order valence-corrected chi connectivity index (χ4v) is 4.04. The molecule has 0 bridgehead atoms. The van der Waals surface area contributed by atoms with Crippen molar-refractivity contribution in [1.82, 2.24) is 9.88 Å². The first kappa shape index (κ1) is 16.1. The second kappa shape index (κ2) is 6.81. The van der Waals surface area contributed by atoms with Crippen LogP contribution in [0.25, 0.3) is 0 Å². The van der Waals surface area contributed by atoms with E-state index >= 15 is 0 Å². The Morgan fingerprint density at radius 1 is 1.35 bits per heavy atom. The Balaban J connectivity index is 1.70. The van der Waals surface area contributed by atoms with E-state index in [0.717, 1.165) is 11.4 Å². The van der Waals surface area contributed by atoms with Gasteiger partial charge in [-0.05, 0) is 11.5 Å². The van der Waals surface area contributed by atoms with E-state index in [1.807, 2.05) is 28.5 Å². The maximum atomic E-state index is 12.7. The van der Waals surface area contributed by atoms with Crippen LogP contribution in [0, 0.1) is 5.92 Å². The molecular weight excluding hydrogens is 306 g/mol. The minimum atomic E-state index is -0.0184. The van der Waals surface area contributed by atoms with Gasteiger partial charge in [-0.3, -0.25) is 4.79 Å². The van der Waals surface area contributed by atoms with Crippen LogP contribution in [0.3, 0.4) is 0 Å². The van der Waals surface area contributed by atoms with Crippen LogP contribution < -0.4 is 5.73 Å². The summed E-state index contributed by atoms with van der Waals surface area (Å²) in [5.74, 6) is 0.755. The highest BCUT2D eigenvalue weighted by Gasteiger charge is 2.34. The fraction of sp³-hybridized carbons (Fsp3) is 0.444. The van der Waals surface area contributed by atoms with Crippen LogP contribution in [0.15, 0.2) is 35.7 Å². The van der Waals surface area contributed by atoms with Crippen molar-refractivity contribution >= 4 is 17.2 Å². The molecule has 1 amide bonds. The summed E-state index contributed by atoms with van der Waals surface area (Å²) in [6.07, 6.45) is 0.921. The van der Waals surface area contributed by atoms with Crippen LogP contribution in [0.1, 0.15) is 40.8 Å². The van der Waals surface area contributed by atoms with E-state index in [-0.39, 0.29) is 17.9 Å². The second-order valence-electron chi connectivity index (χ2n) is 6.62. The Kier molecular flexibility index (Phi) is 4.78. The van der Waals surface area contributed by atoms with Crippen LogP contribution >= 0.6 is 11.3 Å². The van der Waals surface area contributed by atoms with Gasteiger partial charge in [0.05, 0.1) is 5.01 Å². The molecule has 5 heteroatoms. The lowest BCUT2D eigenvalue weighted by atomic mass is 9.95. The summed E-state index contributed by atoms with van der Waals surface area (Å²) in [4.78, 5) is 19.0. The molecule has 1 fully saturated rings. The van der Waals surface area contributed by atoms with Crippen molar-refractivity contribution in [2.75, 3.05) is 13.1 Å². The van der Waals surface area contributed by atoms with Crippen LogP contribution in [0.2, 0.25) is 0 Å². The van der Waals surface area contributed by atoms with Crippen molar-refractivity contribution < 1.29 is 4.79 Å². The van der Waals surface area contributed by atoms with Crippen LogP contribution in [-0.2, 0) is 6.42 Å². The van der Waals surface area contributed by atoms with Gasteiger partial charge in [-0.15, -0.1) is 11.3 Å². The van der Waals surface area contributed by atoms with Crippen molar-refractivity contribution in [3.05, 3.63) is 52.0 Å². The third-order valence-electron chi connectivity index (χ3n) is 4.23. The Morgan fingerprint density at radius 2 is 2.09 bits per heavy atom. The number of nitrogens with two attached hydrogens (primary N) is 1. The molecule has 1 aromatic heterocycles. The molecule has 0 aliphatic carbocycles. The molecule has 0 spiro atoms. The molecule has 0 unspecified atom stereocenters. The molecule has 2 aromatic rings. The van der Waals surface area contributed by atoms with Gasteiger partial charge in [-0.1, -0.05) is 44.2 Å². The minimum absolute atomic E-state index is 0.00476. The molecule has 2 heterocycles. The normalized spacial score (nSPS) is 21.1. The first-order valence-electron chi connectivity index (χ1n) is 8.08. The highest BCUT2D eigenvalue weighted by atomic mass is 32.1. The largest absolute Gasteiger partial charge is 0.335 e. The van der Waals surface area contributed by atoms with E-state index in [9.17, 15) is 4.79 Å². The number of thiazole rings is 1. The van der Waals surface area contributed by atoms with E-state index in [4.69, 9.17) is 5.73 Å². The van der Waals surface area contributed by atoms with Crippen molar-refractivity contribution in [2.24, 2.45) is 11.7 Å². The average molecular weight is 329 g/mol. The molecule has 122 valence electrons. The molecule has 1 saturated heterocycles. The third-order valence-corrected chi connectivity index (χ3v) is 5.10. The minimum Gasteiger partial charge on any atom is -0.335 e. The predicted octanol–water partition coefficient (Wildman–Crippen LogP) is 2.91. The van der Waals surface area contributed by atoms with Gasteiger partial charge in [0.15, 0.2) is 0 Å². The lowest BCUT2D eigenvalue weighted by Gasteiger charge is -2.15. The molecule has 3 rings (SSSR count). The Labute approximate surface area is 141 Å². The number of aromatic nitrogens is 1. The maximum Gasteiger partial charge on any atom is 0.273 e. The zero-order chi connectivity index (χ0) is 16.4. The number of amides is 1. The highest BCUT2D eigenvalue weighted by Crippen LogP contribution is 2.27. The summed E-state index contributed by atoms with van der Waals surface area (Å²) in [5, 5.41) is 2.91. The summed E-state index contributed by atoms with van der Waals surface area (Å²) in [6.45, 7) is 5.58. The number of carbonyl (C=O) groups excluding carboxylic acids is 1. The van der Waals surface area contributed by atoms with Crippen molar-refractivity contribution in [2.45, 2.75) is 32.2 Å². The Bertz CT molecular complexity index is 668. The van der Waals surface area contributed by atoms with Gasteiger partial charge in [-0.25, -0.2) is 4.98 Å². The van der Waals surface area contributed by atoms with Crippen molar-refractivity contribution in [3.8, 4) is 0 Å². The number of nitrogens with zero attached hydrogens (tertiary/aromatic N) is 2. The Morgan fingerprint density at radius 3 is 2.78 bits per heavy atom. The van der Waals surface area contributed by atoms with E-state index in [0.29, 0.717) is 24.7 Å². The molecule has 0 saturated carbocycles. The van der Waals surface area contributed by atoms with E-state index < -0.39 is 0 Å². The lowest BCUT2D eigenvalue weighted by molar-refractivity contribution is 0.0784. The SMILES string of the molecule is CC(C)Cc1nc(C(=O)N2C[C@@H](N)[C@H](c3ccccc3)C2)cs1. The zero-order valence-corrected chi connectivity index (χ0v) is 14.4. The molecule has 1 aliphatic rings. The van der Waals surface area contributed by atoms with Crippen LogP contribution in [0.5, 0.6) is 0 Å². The molecule has 23 heavy (non-hydrogen) atoms. The number of hydrogen-bond acceptors (Lipinski definition) is 4. The van der Waals surface area contributed by atoms with Gasteiger partial charge in [0.1, 0.15) is 5.69 Å². The fourth-order valence-electron chi connectivity index (χ4n) is 3.06. The summed E-state index contributed by atoms with van der Waals surface area (Å²) < 4.78 is 0. The van der Waals surface area contributed by atoms with Crippen LogP contribution in [0.4, 0.5) is 0 Å². The smallest absolute Gasteiger partial charge is 0.273 e. The van der Waals surface area contributed by atoms with Crippen molar-refractivity contribution in [3.63, 3.8) is 0 Å². The van der Waals surface area contributed by atoms with Gasteiger partial charge in [0, 0.05) is 36.9 Å². The van der Waals surface area contributed by atoms with E-state index in [1.54, 1.807) is 11.3 Å². The number of rotatable bonds is 4. The molecule has 1 aromatic carbocycles. The molecule has 0 radical (unpaired) electrons. The van der Waals surface area contributed by atoms with Gasteiger partial charge < -0.3 is 10.6 Å². The van der Waals surface area contributed by atoms with Crippen molar-refractivity contribution in [1.29, 1.82) is 0 Å². The number of benzene rings is 1. The predicted molar refractivity (Wildman–Crippen MR) is 93.7 cm³/mol. The van der Waals surface area contributed by atoms with E-state index in [2.05, 4.69) is 31.0 Å². The number of hydrogen-bond donors (Lipinski definition) is 1. The van der Waals surface area contributed by atoms with Gasteiger partial charge in [-0.2, -0.15) is 0 Å². The third kappa shape index (κ3) is 3.62. The average Bonchev–Trinajstić information content (AvgIpc) is 3.14. The number of carbonyl (C=O) groups is 1. The zero-order valence-electron chi connectivity index (χ0n) is 13.6. The molecular formula is C18H23N3OS. The van der Waals surface area contributed by atoms with E-state index in [1.165, 1.54) is 5.56 Å². The van der Waals surface area contributed by atoms with Gasteiger partial charge >= 0.3 is 0 Å². The standard InChI is InChI=1S/C18H23N3OS/c1-12(2)8-17-20-16(11-23-17)18(22)21-9-14(15(19)10-21)13-6-4-3-5-7-13/h3-7,11-12,14-15H,8-10,19H2,1-2H3/t14-,15+/m0/s1. The number of likely N-dealkylation sites (tertiary alicyclic amines) is 1. The summed E-state index contributed by atoms with van der Waals surface area (Å²) in [5.41, 5.74) is 8.04. The summed E-state index contributed by atoms with van der Waals surface area (Å²) >= 11 is 1.57. The monoisotopic (exact) mass is 329 g/mol.